The summed E-state index contributed by atoms with van der Waals surface area (Å²) in [6, 6.07) is 7.12. The van der Waals surface area contributed by atoms with Gasteiger partial charge in [-0.05, 0) is 49.2 Å². The van der Waals surface area contributed by atoms with E-state index in [0.29, 0.717) is 29.6 Å². The molecular formula is C15H17ClN2O2. The fraction of sp³-hybridized carbons (Fsp3) is 0.267. The zero-order valence-corrected chi connectivity index (χ0v) is 12.3. The molecule has 1 aromatic carbocycles. The molecule has 0 aliphatic rings. The van der Waals surface area contributed by atoms with Gasteiger partial charge in [0.15, 0.2) is 0 Å². The first-order valence-corrected chi connectivity index (χ1v) is 6.77. The lowest BCUT2D eigenvalue weighted by molar-refractivity contribution is 0.0514. The van der Waals surface area contributed by atoms with Crippen molar-refractivity contribution in [3.8, 4) is 0 Å². The highest BCUT2D eigenvalue weighted by Gasteiger charge is 2.14. The van der Waals surface area contributed by atoms with Crippen LogP contribution in [0.5, 0.6) is 0 Å². The zero-order valence-electron chi connectivity index (χ0n) is 11.5. The van der Waals surface area contributed by atoms with Crippen molar-refractivity contribution in [1.29, 1.82) is 0 Å². The maximum absolute atomic E-state index is 11.9. The van der Waals surface area contributed by atoms with E-state index in [1.807, 2.05) is 17.7 Å². The summed E-state index contributed by atoms with van der Waals surface area (Å²) in [5.74, 6) is -0.332. The number of esters is 1. The summed E-state index contributed by atoms with van der Waals surface area (Å²) in [4.78, 5) is 11.9. The number of halogens is 1. The molecule has 0 unspecified atom stereocenters. The van der Waals surface area contributed by atoms with Gasteiger partial charge in [0.05, 0.1) is 6.61 Å². The molecule has 1 heterocycles. The second-order valence-corrected chi connectivity index (χ2v) is 5.03. The van der Waals surface area contributed by atoms with E-state index in [9.17, 15) is 4.79 Å². The summed E-state index contributed by atoms with van der Waals surface area (Å²) in [6.45, 7) is 4.55. The maximum Gasteiger partial charge on any atom is 0.354 e. The molecule has 4 nitrogen and oxygen atoms in total. The molecule has 0 saturated carbocycles. The highest BCUT2D eigenvalue weighted by atomic mass is 35.5. The maximum atomic E-state index is 11.9. The van der Waals surface area contributed by atoms with Gasteiger partial charge < -0.3 is 15.0 Å². The molecule has 0 saturated heterocycles. The van der Waals surface area contributed by atoms with Gasteiger partial charge in [-0.25, -0.2) is 4.79 Å². The summed E-state index contributed by atoms with van der Waals surface area (Å²) in [5.41, 5.74) is 8.97. The Balaban J connectivity index is 2.33. The van der Waals surface area contributed by atoms with E-state index in [0.717, 1.165) is 11.1 Å². The number of nitrogens with zero attached hydrogens (tertiary/aromatic N) is 1. The summed E-state index contributed by atoms with van der Waals surface area (Å²) >= 11 is 5.98. The number of rotatable bonds is 4. The summed E-state index contributed by atoms with van der Waals surface area (Å²) in [6.07, 6.45) is 1.90. The number of aryl methyl sites for hydroxylation is 1. The van der Waals surface area contributed by atoms with Crippen LogP contribution in [0.4, 0.5) is 5.69 Å². The monoisotopic (exact) mass is 292 g/mol. The fourth-order valence-electron chi connectivity index (χ4n) is 2.06. The standard InChI is InChI=1S/C15H17ClN2O2/c1-3-20-15(19)14-6-10(2)8-18(14)9-11-7-12(16)4-5-13(11)17/h4-8H,3,9,17H2,1-2H3. The number of anilines is 1. The predicted molar refractivity (Wildman–Crippen MR) is 80.1 cm³/mol. The van der Waals surface area contributed by atoms with Gasteiger partial charge in [-0.3, -0.25) is 0 Å². The molecule has 2 N–H and O–H groups in total. The minimum Gasteiger partial charge on any atom is -0.461 e. The third-order valence-corrected chi connectivity index (χ3v) is 3.20. The van der Waals surface area contributed by atoms with Crippen molar-refractivity contribution in [2.75, 3.05) is 12.3 Å². The van der Waals surface area contributed by atoms with Crippen LogP contribution in [0.1, 0.15) is 28.5 Å². The van der Waals surface area contributed by atoms with E-state index in [2.05, 4.69) is 0 Å². The minimum atomic E-state index is -0.332. The molecular weight excluding hydrogens is 276 g/mol. The number of carbonyl (C=O) groups is 1. The second kappa shape index (κ2) is 6.01. The lowest BCUT2D eigenvalue weighted by atomic mass is 10.2. The first-order chi connectivity index (χ1) is 9.51. The molecule has 1 aromatic heterocycles. The van der Waals surface area contributed by atoms with Crippen LogP contribution in [0.3, 0.4) is 0 Å². The van der Waals surface area contributed by atoms with E-state index < -0.39 is 0 Å². The van der Waals surface area contributed by atoms with Crippen molar-refractivity contribution in [3.63, 3.8) is 0 Å². The average molecular weight is 293 g/mol. The Labute approximate surface area is 123 Å². The number of aromatic nitrogens is 1. The molecule has 0 bridgehead atoms. The Morgan fingerprint density at radius 3 is 2.85 bits per heavy atom. The third kappa shape index (κ3) is 3.14. The molecule has 5 heteroatoms. The van der Waals surface area contributed by atoms with Crippen molar-refractivity contribution in [2.24, 2.45) is 0 Å². The Morgan fingerprint density at radius 1 is 1.40 bits per heavy atom. The number of benzene rings is 1. The Hall–Kier alpha value is -1.94. The number of hydrogen-bond donors (Lipinski definition) is 1. The molecule has 0 fully saturated rings. The molecule has 0 radical (unpaired) electrons. The van der Waals surface area contributed by atoms with Gasteiger partial charge in [0.2, 0.25) is 0 Å². The first-order valence-electron chi connectivity index (χ1n) is 6.39. The van der Waals surface area contributed by atoms with E-state index >= 15 is 0 Å². The number of ether oxygens (including phenoxy) is 1. The number of nitrogens with two attached hydrogens (primary N) is 1. The quantitative estimate of drug-likeness (QED) is 0.695. The molecule has 0 atom stereocenters. The van der Waals surface area contributed by atoms with Crippen molar-refractivity contribution >= 4 is 23.3 Å². The van der Waals surface area contributed by atoms with E-state index in [1.54, 1.807) is 31.2 Å². The molecule has 20 heavy (non-hydrogen) atoms. The molecule has 0 spiro atoms. The molecule has 0 aliphatic carbocycles. The molecule has 0 amide bonds. The fourth-order valence-corrected chi connectivity index (χ4v) is 2.25. The van der Waals surface area contributed by atoms with Crippen molar-refractivity contribution in [3.05, 3.63) is 52.3 Å². The van der Waals surface area contributed by atoms with Gasteiger partial charge in [-0.2, -0.15) is 0 Å². The van der Waals surface area contributed by atoms with E-state index in [-0.39, 0.29) is 5.97 Å². The lowest BCUT2D eigenvalue weighted by Crippen LogP contribution is -2.13. The van der Waals surface area contributed by atoms with Crippen LogP contribution in [0.2, 0.25) is 5.02 Å². The van der Waals surface area contributed by atoms with Gasteiger partial charge >= 0.3 is 5.97 Å². The van der Waals surface area contributed by atoms with Crippen molar-refractivity contribution in [2.45, 2.75) is 20.4 Å². The van der Waals surface area contributed by atoms with Crippen LogP contribution in [0, 0.1) is 6.92 Å². The Kier molecular flexibility index (Phi) is 4.35. The van der Waals surface area contributed by atoms with Gasteiger partial charge in [0.1, 0.15) is 5.69 Å². The molecule has 106 valence electrons. The summed E-state index contributed by atoms with van der Waals surface area (Å²) in [7, 11) is 0. The van der Waals surface area contributed by atoms with Crippen LogP contribution in [0.25, 0.3) is 0 Å². The van der Waals surface area contributed by atoms with E-state index in [4.69, 9.17) is 22.1 Å². The topological polar surface area (TPSA) is 57.2 Å². The number of carbonyl (C=O) groups excluding carboxylic acids is 1. The van der Waals surface area contributed by atoms with Gasteiger partial charge in [-0.15, -0.1) is 0 Å². The van der Waals surface area contributed by atoms with Crippen LogP contribution in [-0.4, -0.2) is 17.1 Å². The largest absolute Gasteiger partial charge is 0.461 e. The zero-order chi connectivity index (χ0) is 14.7. The third-order valence-electron chi connectivity index (χ3n) is 2.96. The van der Waals surface area contributed by atoms with Crippen LogP contribution in [-0.2, 0) is 11.3 Å². The first kappa shape index (κ1) is 14.5. The van der Waals surface area contributed by atoms with Crippen molar-refractivity contribution < 1.29 is 9.53 Å². The van der Waals surface area contributed by atoms with Crippen molar-refractivity contribution in [1.82, 2.24) is 4.57 Å². The SMILES string of the molecule is CCOC(=O)c1cc(C)cn1Cc1cc(Cl)ccc1N. The highest BCUT2D eigenvalue weighted by Crippen LogP contribution is 2.20. The summed E-state index contributed by atoms with van der Waals surface area (Å²) < 4.78 is 6.89. The lowest BCUT2D eigenvalue weighted by Gasteiger charge is -2.11. The second-order valence-electron chi connectivity index (χ2n) is 4.59. The average Bonchev–Trinajstić information content (AvgIpc) is 2.75. The van der Waals surface area contributed by atoms with Gasteiger partial charge in [-0.1, -0.05) is 11.6 Å². The highest BCUT2D eigenvalue weighted by molar-refractivity contribution is 6.30. The molecule has 2 aromatic rings. The smallest absolute Gasteiger partial charge is 0.354 e. The van der Waals surface area contributed by atoms with Crippen LogP contribution < -0.4 is 5.73 Å². The van der Waals surface area contributed by atoms with Gasteiger partial charge in [0, 0.05) is 23.5 Å². The van der Waals surface area contributed by atoms with Crippen LogP contribution >= 0.6 is 11.6 Å². The Morgan fingerprint density at radius 2 is 2.15 bits per heavy atom. The number of hydrogen-bond acceptors (Lipinski definition) is 3. The predicted octanol–water partition coefficient (Wildman–Crippen LogP) is 3.26. The Bertz CT molecular complexity index is 635. The molecule has 0 aliphatic heterocycles. The summed E-state index contributed by atoms with van der Waals surface area (Å²) in [5, 5.41) is 0.621. The minimum absolute atomic E-state index is 0.332. The normalized spacial score (nSPS) is 10.6. The van der Waals surface area contributed by atoms with Crippen LogP contribution in [0.15, 0.2) is 30.5 Å². The van der Waals surface area contributed by atoms with E-state index in [1.165, 1.54) is 0 Å². The molecule has 2 rings (SSSR count). The number of nitrogen functional groups attached to an aromatic ring is 1. The van der Waals surface area contributed by atoms with Gasteiger partial charge in [0.25, 0.3) is 0 Å².